The second-order valence-corrected chi connectivity index (χ2v) is 5.42. The highest BCUT2D eigenvalue weighted by atomic mass is 16.5. The lowest BCUT2D eigenvalue weighted by atomic mass is 9.90. The number of nitrogens with one attached hydrogen (secondary N) is 1. The van der Waals surface area contributed by atoms with Crippen LogP contribution in [0.15, 0.2) is 24.3 Å². The number of carboxylic acids is 1. The molecule has 21 heavy (non-hydrogen) atoms. The van der Waals surface area contributed by atoms with E-state index in [2.05, 4.69) is 9.97 Å². The van der Waals surface area contributed by atoms with Gasteiger partial charge in [-0.2, -0.15) is 0 Å². The second-order valence-electron chi connectivity index (χ2n) is 5.42. The van der Waals surface area contributed by atoms with Crippen molar-refractivity contribution in [2.75, 3.05) is 7.11 Å². The van der Waals surface area contributed by atoms with Crippen LogP contribution < -0.4 is 4.74 Å². The number of aryl methyl sites for hydroxylation is 1. The van der Waals surface area contributed by atoms with Gasteiger partial charge >= 0.3 is 5.97 Å². The summed E-state index contributed by atoms with van der Waals surface area (Å²) in [6.45, 7) is 0. The summed E-state index contributed by atoms with van der Waals surface area (Å²) in [6.07, 6.45) is 2.66. The molecule has 2 aromatic rings. The molecule has 3 rings (SSSR count). The van der Waals surface area contributed by atoms with E-state index in [0.29, 0.717) is 19.3 Å². The molecule has 2 N–H and O–H groups in total. The number of nitrogens with zero attached hydrogens (tertiary/aromatic N) is 1. The molecular weight excluding hydrogens is 268 g/mol. The van der Waals surface area contributed by atoms with Gasteiger partial charge in [-0.25, -0.2) is 4.98 Å². The van der Waals surface area contributed by atoms with E-state index in [4.69, 9.17) is 9.84 Å². The van der Waals surface area contributed by atoms with Crippen molar-refractivity contribution in [1.82, 2.24) is 9.97 Å². The van der Waals surface area contributed by atoms with Gasteiger partial charge in [0.1, 0.15) is 11.6 Å². The van der Waals surface area contributed by atoms with Crippen LogP contribution in [0.3, 0.4) is 0 Å². The smallest absolute Gasteiger partial charge is 0.306 e. The van der Waals surface area contributed by atoms with Crippen molar-refractivity contribution in [2.45, 2.75) is 25.7 Å². The molecule has 1 aromatic heterocycles. The molecule has 5 nitrogen and oxygen atoms in total. The van der Waals surface area contributed by atoms with Crippen molar-refractivity contribution in [1.29, 1.82) is 0 Å². The van der Waals surface area contributed by atoms with Gasteiger partial charge in [0.2, 0.25) is 0 Å². The van der Waals surface area contributed by atoms with Crippen molar-refractivity contribution in [2.24, 2.45) is 5.92 Å². The van der Waals surface area contributed by atoms with Crippen LogP contribution >= 0.6 is 0 Å². The van der Waals surface area contributed by atoms with Crippen molar-refractivity contribution in [3.8, 4) is 5.75 Å². The van der Waals surface area contributed by atoms with Crippen molar-refractivity contribution >= 4 is 5.97 Å². The molecule has 0 saturated heterocycles. The summed E-state index contributed by atoms with van der Waals surface area (Å²) < 4.78 is 5.22. The minimum atomic E-state index is -0.718. The fraction of sp³-hybridized carbons (Fsp3) is 0.375. The molecule has 0 spiro atoms. The van der Waals surface area contributed by atoms with Gasteiger partial charge in [-0.1, -0.05) is 12.1 Å². The molecule has 1 aliphatic carbocycles. The Morgan fingerprint density at radius 1 is 1.52 bits per heavy atom. The van der Waals surface area contributed by atoms with Crippen LogP contribution in [0.25, 0.3) is 0 Å². The summed E-state index contributed by atoms with van der Waals surface area (Å²) in [6, 6.07) is 7.89. The maximum absolute atomic E-state index is 11.1. The first-order valence-electron chi connectivity index (χ1n) is 7.08. The Hall–Kier alpha value is -2.30. The number of aromatic amines is 1. The highest BCUT2D eigenvalue weighted by Crippen LogP contribution is 2.25. The number of rotatable bonds is 4. The number of benzene rings is 1. The topological polar surface area (TPSA) is 75.2 Å². The average molecular weight is 286 g/mol. The maximum Gasteiger partial charge on any atom is 0.306 e. The monoisotopic (exact) mass is 286 g/mol. The third-order valence-corrected chi connectivity index (χ3v) is 3.95. The Balaban J connectivity index is 1.77. The number of aromatic nitrogens is 2. The van der Waals surface area contributed by atoms with Gasteiger partial charge in [0.05, 0.1) is 18.7 Å². The largest absolute Gasteiger partial charge is 0.497 e. The summed E-state index contributed by atoms with van der Waals surface area (Å²) in [5.41, 5.74) is 3.12. The minimum absolute atomic E-state index is 0.289. The molecule has 1 atom stereocenters. The zero-order valence-electron chi connectivity index (χ0n) is 11.9. The molecule has 5 heteroatoms. The summed E-state index contributed by atoms with van der Waals surface area (Å²) in [5.74, 6) is 0.710. The molecule has 1 heterocycles. The zero-order valence-corrected chi connectivity index (χ0v) is 11.9. The Morgan fingerprint density at radius 3 is 3.14 bits per heavy atom. The Morgan fingerprint density at radius 2 is 2.38 bits per heavy atom. The Bertz CT molecular complexity index is 663. The van der Waals surface area contributed by atoms with E-state index in [1.54, 1.807) is 7.11 Å². The van der Waals surface area contributed by atoms with Crippen molar-refractivity contribution in [3.63, 3.8) is 0 Å². The fourth-order valence-electron chi connectivity index (χ4n) is 2.81. The molecule has 0 bridgehead atoms. The molecular formula is C16H18N2O3. The van der Waals surface area contributed by atoms with E-state index in [9.17, 15) is 4.79 Å². The quantitative estimate of drug-likeness (QED) is 0.903. The van der Waals surface area contributed by atoms with Crippen LogP contribution in [0.2, 0.25) is 0 Å². The lowest BCUT2D eigenvalue weighted by Gasteiger charge is -2.16. The summed E-state index contributed by atoms with van der Waals surface area (Å²) in [7, 11) is 1.65. The van der Waals surface area contributed by atoms with Gasteiger partial charge < -0.3 is 14.8 Å². The van der Waals surface area contributed by atoms with Gasteiger partial charge in [0.15, 0.2) is 0 Å². The molecule has 1 aromatic carbocycles. The fourth-order valence-corrected chi connectivity index (χ4v) is 2.81. The van der Waals surface area contributed by atoms with E-state index in [1.807, 2.05) is 24.3 Å². The number of aliphatic carboxylic acids is 1. The Labute approximate surface area is 123 Å². The lowest BCUT2D eigenvalue weighted by Crippen LogP contribution is -2.22. The number of ether oxygens (including phenoxy) is 1. The van der Waals surface area contributed by atoms with E-state index in [-0.39, 0.29) is 5.92 Å². The lowest BCUT2D eigenvalue weighted by molar-refractivity contribution is -0.142. The van der Waals surface area contributed by atoms with E-state index in [0.717, 1.165) is 34.9 Å². The van der Waals surface area contributed by atoms with E-state index >= 15 is 0 Å². The van der Waals surface area contributed by atoms with E-state index < -0.39 is 5.97 Å². The van der Waals surface area contributed by atoms with Gasteiger partial charge in [-0.05, 0) is 30.5 Å². The van der Waals surface area contributed by atoms with Gasteiger partial charge in [-0.3, -0.25) is 4.79 Å². The number of H-pyrrole nitrogens is 1. The van der Waals surface area contributed by atoms with Crippen LogP contribution in [0.1, 0.15) is 29.2 Å². The van der Waals surface area contributed by atoms with Crippen LogP contribution in [-0.2, 0) is 24.1 Å². The molecule has 0 amide bonds. The summed E-state index contributed by atoms with van der Waals surface area (Å²) in [4.78, 5) is 19.0. The third-order valence-electron chi connectivity index (χ3n) is 3.95. The molecule has 0 saturated carbocycles. The van der Waals surface area contributed by atoms with Gasteiger partial charge in [0, 0.05) is 18.5 Å². The highest BCUT2D eigenvalue weighted by Gasteiger charge is 2.26. The predicted octanol–water partition coefficient (Wildman–Crippen LogP) is 2.20. The first kappa shape index (κ1) is 13.7. The van der Waals surface area contributed by atoms with Gasteiger partial charge in [-0.15, -0.1) is 0 Å². The zero-order chi connectivity index (χ0) is 14.8. The number of hydrogen-bond donors (Lipinski definition) is 2. The molecule has 1 unspecified atom stereocenters. The number of imidazole rings is 1. The van der Waals surface area contributed by atoms with Crippen LogP contribution in [0.5, 0.6) is 5.75 Å². The molecule has 0 radical (unpaired) electrons. The first-order chi connectivity index (χ1) is 10.2. The summed E-state index contributed by atoms with van der Waals surface area (Å²) >= 11 is 0. The van der Waals surface area contributed by atoms with E-state index in [1.165, 1.54) is 0 Å². The van der Waals surface area contributed by atoms with Crippen molar-refractivity contribution < 1.29 is 14.6 Å². The van der Waals surface area contributed by atoms with Crippen LogP contribution in [0, 0.1) is 5.92 Å². The molecule has 1 aliphatic rings. The molecule has 0 aliphatic heterocycles. The maximum atomic E-state index is 11.1. The number of carbonyl (C=O) groups is 1. The van der Waals surface area contributed by atoms with Crippen molar-refractivity contribution in [3.05, 3.63) is 47.0 Å². The number of carboxylic acid groups (broad SMARTS) is 1. The standard InChI is InChI=1S/C16H18N2O3/c1-21-12-4-2-3-10(7-12)8-15-17-13-6-5-11(16(19)20)9-14(13)18-15/h2-4,7,11H,5-6,8-9H2,1H3,(H,17,18)(H,19,20). The highest BCUT2D eigenvalue weighted by molar-refractivity contribution is 5.70. The Kier molecular flexibility index (Phi) is 3.64. The SMILES string of the molecule is COc1cccc(Cc2nc3c([nH]2)CC(C(=O)O)CC3)c1. The second kappa shape index (κ2) is 5.60. The molecule has 110 valence electrons. The van der Waals surface area contributed by atoms with Crippen LogP contribution in [0.4, 0.5) is 0 Å². The minimum Gasteiger partial charge on any atom is -0.497 e. The number of methoxy groups -OCH3 is 1. The molecule has 0 fully saturated rings. The first-order valence-corrected chi connectivity index (χ1v) is 7.08. The van der Waals surface area contributed by atoms with Crippen LogP contribution in [-0.4, -0.2) is 28.2 Å². The van der Waals surface area contributed by atoms with Gasteiger partial charge in [0.25, 0.3) is 0 Å². The number of fused-ring (bicyclic) bond motifs is 1. The normalized spacial score (nSPS) is 17.3. The number of hydrogen-bond acceptors (Lipinski definition) is 3. The third kappa shape index (κ3) is 2.91. The predicted molar refractivity (Wildman–Crippen MR) is 77.5 cm³/mol. The summed E-state index contributed by atoms with van der Waals surface area (Å²) in [5, 5.41) is 9.12. The average Bonchev–Trinajstić information content (AvgIpc) is 2.88.